The highest BCUT2D eigenvalue weighted by Gasteiger charge is 2.06. The molecule has 2 nitrogen and oxygen atoms in total. The summed E-state index contributed by atoms with van der Waals surface area (Å²) in [5.74, 6) is 1.70. The first-order valence-electron chi connectivity index (χ1n) is 4.96. The van der Waals surface area contributed by atoms with Crippen molar-refractivity contribution in [3.8, 4) is 0 Å². The molecule has 0 aliphatic carbocycles. The average Bonchev–Trinajstić information content (AvgIpc) is 2.56. The molecule has 0 N–H and O–H groups in total. The van der Waals surface area contributed by atoms with Crippen molar-refractivity contribution in [1.29, 1.82) is 0 Å². The summed E-state index contributed by atoms with van der Waals surface area (Å²) in [4.78, 5) is 4.31. The molecule has 2 rings (SSSR count). The van der Waals surface area contributed by atoms with Crippen molar-refractivity contribution in [2.24, 2.45) is 0 Å². The lowest BCUT2D eigenvalue weighted by atomic mass is 10.2. The minimum Gasteiger partial charge on any atom is -0.437 e. The lowest BCUT2D eigenvalue weighted by molar-refractivity contribution is 0.431. The summed E-state index contributed by atoms with van der Waals surface area (Å²) in [5.41, 5.74) is 2.12. The summed E-state index contributed by atoms with van der Waals surface area (Å²) in [7, 11) is 0. The van der Waals surface area contributed by atoms with E-state index in [2.05, 4.69) is 4.98 Å². The monoisotopic (exact) mass is 253 g/mol. The number of aromatic nitrogens is 1. The largest absolute Gasteiger partial charge is 0.437 e. The lowest BCUT2D eigenvalue weighted by Gasteiger charge is -1.98. The Bertz CT molecular complexity index is 476. The fraction of sp³-hybridized carbons (Fsp3) is 0.250. The molecule has 0 aliphatic rings. The van der Waals surface area contributed by atoms with Crippen LogP contribution in [-0.4, -0.2) is 4.98 Å². The van der Waals surface area contributed by atoms with Gasteiger partial charge in [-0.2, -0.15) is 0 Å². The van der Waals surface area contributed by atoms with Gasteiger partial charge in [0.05, 0.1) is 5.69 Å². The van der Waals surface area contributed by atoms with E-state index >= 15 is 0 Å². The van der Waals surface area contributed by atoms with E-state index in [9.17, 15) is 0 Å². The summed E-state index contributed by atoms with van der Waals surface area (Å²) in [6.07, 6.45) is 0. The minimum atomic E-state index is 0.718. The summed E-state index contributed by atoms with van der Waals surface area (Å²) >= 11 is 7.49. The number of rotatable bonds is 3. The molecule has 0 amide bonds. The van der Waals surface area contributed by atoms with E-state index in [4.69, 9.17) is 16.0 Å². The molecule has 0 atom stereocenters. The van der Waals surface area contributed by atoms with Crippen LogP contribution in [0, 0.1) is 13.8 Å². The first-order valence-corrected chi connectivity index (χ1v) is 6.33. The van der Waals surface area contributed by atoms with Gasteiger partial charge in [-0.15, -0.1) is 0 Å². The number of aryl methyl sites for hydroxylation is 2. The first kappa shape index (κ1) is 11.6. The molecule has 84 valence electrons. The quantitative estimate of drug-likeness (QED) is 0.766. The van der Waals surface area contributed by atoms with E-state index < -0.39 is 0 Å². The van der Waals surface area contributed by atoms with Crippen molar-refractivity contribution < 1.29 is 4.42 Å². The van der Waals surface area contributed by atoms with Crippen LogP contribution in [0.1, 0.15) is 17.0 Å². The highest BCUT2D eigenvalue weighted by Crippen LogP contribution is 2.24. The standard InChI is InChI=1S/C12H12ClNOS/c1-8-9(2)15-12(14-8)16-7-10-4-3-5-11(13)6-10/h3-6H,7H2,1-2H3. The highest BCUT2D eigenvalue weighted by molar-refractivity contribution is 7.98. The van der Waals surface area contributed by atoms with Crippen molar-refractivity contribution in [2.75, 3.05) is 0 Å². The van der Waals surface area contributed by atoms with Gasteiger partial charge in [0.2, 0.25) is 0 Å². The van der Waals surface area contributed by atoms with Gasteiger partial charge < -0.3 is 4.42 Å². The lowest BCUT2D eigenvalue weighted by Crippen LogP contribution is -1.80. The number of hydrogen-bond acceptors (Lipinski definition) is 3. The van der Waals surface area contributed by atoms with Crippen LogP contribution in [0.2, 0.25) is 5.02 Å². The maximum Gasteiger partial charge on any atom is 0.256 e. The van der Waals surface area contributed by atoms with Crippen molar-refractivity contribution in [1.82, 2.24) is 4.98 Å². The predicted octanol–water partition coefficient (Wildman–Crippen LogP) is 4.24. The van der Waals surface area contributed by atoms with Crippen molar-refractivity contribution in [3.63, 3.8) is 0 Å². The van der Waals surface area contributed by atoms with Crippen molar-refractivity contribution >= 4 is 23.4 Å². The topological polar surface area (TPSA) is 26.0 Å². The van der Waals surface area contributed by atoms with Gasteiger partial charge in [-0.1, -0.05) is 35.5 Å². The molecule has 0 saturated heterocycles. The van der Waals surface area contributed by atoms with E-state index in [0.717, 1.165) is 27.5 Å². The van der Waals surface area contributed by atoms with Crippen LogP contribution in [0.15, 0.2) is 33.9 Å². The molecule has 0 aliphatic heterocycles. The zero-order valence-electron chi connectivity index (χ0n) is 9.16. The van der Waals surface area contributed by atoms with Gasteiger partial charge >= 0.3 is 0 Å². The van der Waals surface area contributed by atoms with Crippen molar-refractivity contribution in [2.45, 2.75) is 24.8 Å². The normalized spacial score (nSPS) is 10.7. The Morgan fingerprint density at radius 3 is 2.81 bits per heavy atom. The Balaban J connectivity index is 2.02. The van der Waals surface area contributed by atoms with E-state index in [1.807, 2.05) is 38.1 Å². The zero-order valence-corrected chi connectivity index (χ0v) is 10.7. The minimum absolute atomic E-state index is 0.718. The third-order valence-corrected chi connectivity index (χ3v) is 3.39. The molecule has 0 radical (unpaired) electrons. The van der Waals surface area contributed by atoms with Crippen LogP contribution in [0.4, 0.5) is 0 Å². The fourth-order valence-electron chi connectivity index (χ4n) is 1.28. The van der Waals surface area contributed by atoms with Gasteiger partial charge in [0, 0.05) is 10.8 Å². The molecule has 0 fully saturated rings. The second-order valence-electron chi connectivity index (χ2n) is 3.54. The maximum absolute atomic E-state index is 5.91. The molecule has 1 heterocycles. The molecule has 4 heteroatoms. The second kappa shape index (κ2) is 4.93. The first-order chi connectivity index (χ1) is 7.65. The number of hydrogen-bond donors (Lipinski definition) is 0. The van der Waals surface area contributed by atoms with Gasteiger partial charge in [-0.3, -0.25) is 0 Å². The Kier molecular flexibility index (Phi) is 3.56. The van der Waals surface area contributed by atoms with Crippen LogP contribution < -0.4 is 0 Å². The van der Waals surface area contributed by atoms with Crippen LogP contribution in [0.5, 0.6) is 0 Å². The summed E-state index contributed by atoms with van der Waals surface area (Å²) < 4.78 is 5.49. The van der Waals surface area contributed by atoms with Gasteiger partial charge in [0.25, 0.3) is 5.22 Å². The van der Waals surface area contributed by atoms with Crippen LogP contribution >= 0.6 is 23.4 Å². The van der Waals surface area contributed by atoms with Crippen LogP contribution in [-0.2, 0) is 5.75 Å². The van der Waals surface area contributed by atoms with Gasteiger partial charge in [-0.05, 0) is 31.5 Å². The summed E-state index contributed by atoms with van der Waals surface area (Å²) in [6.45, 7) is 3.87. The summed E-state index contributed by atoms with van der Waals surface area (Å²) in [5, 5.41) is 1.48. The molecule has 2 aromatic rings. The molecule has 0 saturated carbocycles. The maximum atomic E-state index is 5.91. The number of nitrogens with zero attached hydrogens (tertiary/aromatic N) is 1. The summed E-state index contributed by atoms with van der Waals surface area (Å²) in [6, 6.07) is 7.82. The Hall–Kier alpha value is -0.930. The number of halogens is 1. The Labute approximate surface area is 104 Å². The highest BCUT2D eigenvalue weighted by atomic mass is 35.5. The number of oxazole rings is 1. The molecule has 1 aromatic heterocycles. The van der Waals surface area contributed by atoms with E-state index in [1.165, 1.54) is 5.56 Å². The zero-order chi connectivity index (χ0) is 11.5. The molecule has 1 aromatic carbocycles. The molecule has 0 unspecified atom stereocenters. The van der Waals surface area contributed by atoms with Crippen LogP contribution in [0.3, 0.4) is 0 Å². The molecule has 16 heavy (non-hydrogen) atoms. The third kappa shape index (κ3) is 2.80. The van der Waals surface area contributed by atoms with Gasteiger partial charge in [0.1, 0.15) is 5.76 Å². The van der Waals surface area contributed by atoms with E-state index in [0.29, 0.717) is 0 Å². The third-order valence-electron chi connectivity index (χ3n) is 2.26. The molecular weight excluding hydrogens is 242 g/mol. The smallest absolute Gasteiger partial charge is 0.256 e. The van der Waals surface area contributed by atoms with Gasteiger partial charge in [0.15, 0.2) is 0 Å². The Morgan fingerprint density at radius 2 is 2.19 bits per heavy atom. The second-order valence-corrected chi connectivity index (χ2v) is 4.90. The van der Waals surface area contributed by atoms with E-state index in [1.54, 1.807) is 11.8 Å². The van der Waals surface area contributed by atoms with E-state index in [-0.39, 0.29) is 0 Å². The van der Waals surface area contributed by atoms with Crippen LogP contribution in [0.25, 0.3) is 0 Å². The number of benzene rings is 1. The number of thioether (sulfide) groups is 1. The predicted molar refractivity (Wildman–Crippen MR) is 67.0 cm³/mol. The average molecular weight is 254 g/mol. The SMILES string of the molecule is Cc1nc(SCc2cccc(Cl)c2)oc1C. The van der Waals surface area contributed by atoms with Crippen molar-refractivity contribution in [3.05, 3.63) is 46.3 Å². The Morgan fingerprint density at radius 1 is 1.38 bits per heavy atom. The fourth-order valence-corrected chi connectivity index (χ4v) is 2.34. The molecule has 0 bridgehead atoms. The molecular formula is C12H12ClNOS. The molecule has 0 spiro atoms. The van der Waals surface area contributed by atoms with Gasteiger partial charge in [-0.25, -0.2) is 4.98 Å².